The molecule has 0 saturated heterocycles. The zero-order valence-corrected chi connectivity index (χ0v) is 24.4. The van der Waals surface area contributed by atoms with Crippen molar-refractivity contribution in [2.45, 2.75) is 148 Å². The fourth-order valence-electron chi connectivity index (χ4n) is 7.36. The van der Waals surface area contributed by atoms with Crippen LogP contribution in [0, 0.1) is 11.8 Å². The van der Waals surface area contributed by atoms with Crippen molar-refractivity contribution in [3.05, 3.63) is 59.7 Å². The molecule has 0 heterocycles. The first-order valence-electron chi connectivity index (χ1n) is 16.5. The fourth-order valence-corrected chi connectivity index (χ4v) is 7.36. The lowest BCUT2D eigenvalue weighted by Gasteiger charge is -2.29. The third kappa shape index (κ3) is 9.01. The Bertz CT molecular complexity index is 844. The molecule has 0 aromatic heterocycles. The van der Waals surface area contributed by atoms with Gasteiger partial charge in [-0.15, -0.1) is 0 Å². The van der Waals surface area contributed by atoms with Crippen LogP contribution in [-0.4, -0.2) is 0 Å². The van der Waals surface area contributed by atoms with Crippen LogP contribution in [0.3, 0.4) is 0 Å². The molecule has 2 aromatic carbocycles. The van der Waals surface area contributed by atoms with E-state index in [1.807, 2.05) is 0 Å². The maximum Gasteiger partial charge on any atom is -0.0162 e. The summed E-state index contributed by atoms with van der Waals surface area (Å²) < 4.78 is 0. The van der Waals surface area contributed by atoms with Crippen molar-refractivity contribution in [1.29, 1.82) is 0 Å². The molecule has 4 rings (SSSR count). The summed E-state index contributed by atoms with van der Waals surface area (Å²) in [6, 6.07) is 19.3. The Balaban J connectivity index is 1.20. The summed E-state index contributed by atoms with van der Waals surface area (Å²) in [6.07, 6.45) is 27.1. The van der Waals surface area contributed by atoms with Crippen LogP contribution in [0.2, 0.25) is 0 Å². The van der Waals surface area contributed by atoms with Gasteiger partial charge in [0.05, 0.1) is 0 Å². The topological polar surface area (TPSA) is 0 Å². The highest BCUT2D eigenvalue weighted by atomic mass is 14.3. The first-order valence-corrected chi connectivity index (χ1v) is 16.5. The van der Waals surface area contributed by atoms with E-state index in [9.17, 15) is 0 Å². The summed E-state index contributed by atoms with van der Waals surface area (Å²) in [5, 5.41) is 0. The Morgan fingerprint density at radius 2 is 0.784 bits per heavy atom. The van der Waals surface area contributed by atoms with E-state index < -0.39 is 0 Å². The van der Waals surface area contributed by atoms with Crippen LogP contribution in [0.15, 0.2) is 48.5 Å². The third-order valence-corrected chi connectivity index (χ3v) is 9.97. The summed E-state index contributed by atoms with van der Waals surface area (Å²) in [6.45, 7) is 4.62. The van der Waals surface area contributed by atoms with Gasteiger partial charge in [0.15, 0.2) is 0 Å². The van der Waals surface area contributed by atoms with Crippen molar-refractivity contribution < 1.29 is 0 Å². The molecule has 0 nitrogen and oxygen atoms in total. The fraction of sp³-hybridized carbons (Fsp3) is 0.676. The molecule has 0 spiro atoms. The highest BCUT2D eigenvalue weighted by molar-refractivity contribution is 5.64. The Labute approximate surface area is 230 Å². The van der Waals surface area contributed by atoms with Gasteiger partial charge in [0.1, 0.15) is 0 Å². The number of hydrogen-bond donors (Lipinski definition) is 0. The smallest absolute Gasteiger partial charge is 0.0162 e. The third-order valence-electron chi connectivity index (χ3n) is 9.97. The second-order valence-electron chi connectivity index (χ2n) is 12.7. The van der Waals surface area contributed by atoms with Crippen molar-refractivity contribution in [2.75, 3.05) is 0 Å². The lowest BCUT2D eigenvalue weighted by molar-refractivity contribution is 0.302. The van der Waals surface area contributed by atoms with Gasteiger partial charge in [0.2, 0.25) is 0 Å². The van der Waals surface area contributed by atoms with E-state index in [0.29, 0.717) is 0 Å². The summed E-state index contributed by atoms with van der Waals surface area (Å²) >= 11 is 0. The van der Waals surface area contributed by atoms with Crippen LogP contribution in [0.5, 0.6) is 0 Å². The molecule has 37 heavy (non-hydrogen) atoms. The average Bonchev–Trinajstić information content (AvgIpc) is 2.96. The Kier molecular flexibility index (Phi) is 12.1. The molecule has 0 radical (unpaired) electrons. The van der Waals surface area contributed by atoms with E-state index in [4.69, 9.17) is 0 Å². The van der Waals surface area contributed by atoms with Gasteiger partial charge in [0, 0.05) is 0 Å². The average molecular weight is 501 g/mol. The second-order valence-corrected chi connectivity index (χ2v) is 12.7. The minimum absolute atomic E-state index is 0.787. The van der Waals surface area contributed by atoms with Gasteiger partial charge >= 0.3 is 0 Å². The Morgan fingerprint density at radius 1 is 0.432 bits per heavy atom. The van der Waals surface area contributed by atoms with E-state index in [1.54, 1.807) is 11.1 Å². The number of benzene rings is 2. The van der Waals surface area contributed by atoms with Gasteiger partial charge < -0.3 is 0 Å². The van der Waals surface area contributed by atoms with Crippen LogP contribution >= 0.6 is 0 Å². The van der Waals surface area contributed by atoms with Crippen LogP contribution in [0.25, 0.3) is 11.1 Å². The van der Waals surface area contributed by atoms with Crippen molar-refractivity contribution in [1.82, 2.24) is 0 Å². The van der Waals surface area contributed by atoms with Crippen LogP contribution in [0.1, 0.15) is 159 Å². The van der Waals surface area contributed by atoms with Crippen molar-refractivity contribution in [3.63, 3.8) is 0 Å². The van der Waals surface area contributed by atoms with Gasteiger partial charge in [-0.2, -0.15) is 0 Å². The monoisotopic (exact) mass is 500 g/mol. The Morgan fingerprint density at radius 3 is 1.16 bits per heavy atom. The summed E-state index contributed by atoms with van der Waals surface area (Å²) in [7, 11) is 0. The molecule has 0 unspecified atom stereocenters. The van der Waals surface area contributed by atoms with E-state index in [1.165, 1.54) is 133 Å². The number of unbranched alkanes of at least 4 members (excludes halogenated alkanes) is 7. The molecule has 0 amide bonds. The van der Waals surface area contributed by atoms with Gasteiger partial charge in [-0.1, -0.05) is 133 Å². The van der Waals surface area contributed by atoms with Crippen molar-refractivity contribution in [3.8, 4) is 11.1 Å². The van der Waals surface area contributed by atoms with Crippen LogP contribution < -0.4 is 0 Å². The molecule has 0 N–H and O–H groups in total. The predicted octanol–water partition coefficient (Wildman–Crippen LogP) is 12.2. The van der Waals surface area contributed by atoms with E-state index in [-0.39, 0.29) is 0 Å². The molecule has 2 fully saturated rings. The molecule has 0 heteroatoms. The van der Waals surface area contributed by atoms with Crippen molar-refractivity contribution in [2.24, 2.45) is 11.8 Å². The molecule has 2 aliphatic carbocycles. The lowest BCUT2D eigenvalue weighted by Crippen LogP contribution is -2.13. The molecule has 204 valence electrons. The minimum atomic E-state index is 0.787. The number of hydrogen-bond acceptors (Lipinski definition) is 0. The normalized spacial score (nSPS) is 24.3. The van der Waals surface area contributed by atoms with Gasteiger partial charge in [-0.05, 0) is 97.3 Å². The molecule has 2 aromatic rings. The molecule has 0 bridgehead atoms. The predicted molar refractivity (Wildman–Crippen MR) is 163 cm³/mol. The van der Waals surface area contributed by atoms with Gasteiger partial charge in [-0.25, -0.2) is 0 Å². The zero-order chi connectivity index (χ0) is 25.7. The molecule has 0 aliphatic heterocycles. The van der Waals surface area contributed by atoms with E-state index in [2.05, 4.69) is 62.4 Å². The first kappa shape index (κ1) is 28.4. The zero-order valence-electron chi connectivity index (χ0n) is 24.4. The highest BCUT2D eigenvalue weighted by Gasteiger charge is 2.23. The van der Waals surface area contributed by atoms with Gasteiger partial charge in [0.25, 0.3) is 0 Å². The summed E-state index contributed by atoms with van der Waals surface area (Å²) in [5.74, 6) is 3.57. The minimum Gasteiger partial charge on any atom is -0.0654 e. The van der Waals surface area contributed by atoms with E-state index in [0.717, 1.165) is 23.7 Å². The molecule has 0 atom stereocenters. The molecular formula is C37H56. The summed E-state index contributed by atoms with van der Waals surface area (Å²) in [4.78, 5) is 0. The molecule has 2 saturated carbocycles. The standard InChI is InChI=1S/C37H56/c1-3-5-7-9-11-13-31-16-20-33(21-17-31)35-24-28-37(29-25-35)36-26-22-34(23-27-36)32-18-14-30(15-19-32)12-10-8-6-4-2/h22-33H,3-21H2,1-2H3/t30-,31-,32-,33-. The maximum absolute atomic E-state index is 2.43. The molecule has 2 aliphatic rings. The largest absolute Gasteiger partial charge is 0.0654 e. The summed E-state index contributed by atoms with van der Waals surface area (Å²) in [5.41, 5.74) is 5.92. The van der Waals surface area contributed by atoms with Crippen molar-refractivity contribution >= 4 is 0 Å². The number of rotatable bonds is 14. The lowest BCUT2D eigenvalue weighted by atomic mass is 9.76. The van der Waals surface area contributed by atoms with Gasteiger partial charge in [-0.3, -0.25) is 0 Å². The Hall–Kier alpha value is -1.56. The first-order chi connectivity index (χ1) is 18.3. The van der Waals surface area contributed by atoms with Crippen LogP contribution in [-0.2, 0) is 0 Å². The SMILES string of the molecule is CCCCCCC[C@H]1CC[C@H](c2ccc(-c3ccc([C@H]4CC[C@H](CCCCCC)CC4)cc3)cc2)CC1. The second kappa shape index (κ2) is 15.8. The van der Waals surface area contributed by atoms with E-state index >= 15 is 0 Å². The molecular weight excluding hydrogens is 444 g/mol. The highest BCUT2D eigenvalue weighted by Crippen LogP contribution is 2.40. The van der Waals surface area contributed by atoms with Crippen LogP contribution in [0.4, 0.5) is 0 Å². The quantitative estimate of drug-likeness (QED) is 0.226. The maximum atomic E-state index is 2.43.